The summed E-state index contributed by atoms with van der Waals surface area (Å²) in [5.41, 5.74) is 0. The van der Waals surface area contributed by atoms with Gasteiger partial charge in [0.15, 0.2) is 0 Å². The first-order valence-electron chi connectivity index (χ1n) is 5.54. The molecule has 0 saturated heterocycles. The highest BCUT2D eigenvalue weighted by Gasteiger charge is 2.36. The molecule has 0 bridgehead atoms. The van der Waals surface area contributed by atoms with Gasteiger partial charge in [-0.15, -0.1) is 0 Å². The van der Waals surface area contributed by atoms with Crippen LogP contribution in [0.15, 0.2) is 12.2 Å². The van der Waals surface area contributed by atoms with Crippen LogP contribution in [0.5, 0.6) is 0 Å². The van der Waals surface area contributed by atoms with E-state index in [1.807, 2.05) is 0 Å². The molecule has 1 unspecified atom stereocenters. The zero-order chi connectivity index (χ0) is 13.7. The van der Waals surface area contributed by atoms with Crippen LogP contribution in [0.25, 0.3) is 0 Å². The molecule has 0 amide bonds. The average molecular weight is 256 g/mol. The minimum Gasteiger partial charge on any atom is -0.469 e. The van der Waals surface area contributed by atoms with Crippen LogP contribution in [0.1, 0.15) is 20.3 Å². The highest BCUT2D eigenvalue weighted by Crippen LogP contribution is 2.25. The van der Waals surface area contributed by atoms with Gasteiger partial charge in [-0.3, -0.25) is 14.4 Å². The van der Waals surface area contributed by atoms with Crippen LogP contribution < -0.4 is 0 Å². The molecule has 0 aromatic carbocycles. The highest BCUT2D eigenvalue weighted by atomic mass is 16.6. The number of methoxy groups -OCH3 is 1. The molecule has 100 valence electrons. The molecule has 0 N–H and O–H groups in total. The predicted octanol–water partition coefficient (Wildman–Crippen LogP) is 0.599. The molecule has 1 aliphatic carbocycles. The maximum Gasteiger partial charge on any atom is 0.312 e. The van der Waals surface area contributed by atoms with Crippen molar-refractivity contribution in [1.82, 2.24) is 0 Å². The van der Waals surface area contributed by atoms with Crippen molar-refractivity contribution in [3.8, 4) is 0 Å². The summed E-state index contributed by atoms with van der Waals surface area (Å²) >= 11 is 0. The molecule has 3 atom stereocenters. The molecular formula is C12H16O6. The Morgan fingerprint density at radius 2 is 1.67 bits per heavy atom. The van der Waals surface area contributed by atoms with E-state index in [4.69, 9.17) is 9.47 Å². The molecule has 0 aromatic rings. The molecule has 0 saturated carbocycles. The Bertz CT molecular complexity index is 373. The number of hydrogen-bond donors (Lipinski definition) is 0. The van der Waals surface area contributed by atoms with Crippen LogP contribution in [-0.4, -0.2) is 37.2 Å². The van der Waals surface area contributed by atoms with Gasteiger partial charge >= 0.3 is 17.9 Å². The lowest BCUT2D eigenvalue weighted by Gasteiger charge is -2.28. The van der Waals surface area contributed by atoms with Crippen LogP contribution in [0, 0.1) is 5.92 Å². The van der Waals surface area contributed by atoms with Crippen molar-refractivity contribution in [1.29, 1.82) is 0 Å². The normalized spacial score (nSPS) is 26.3. The van der Waals surface area contributed by atoms with E-state index in [1.165, 1.54) is 21.0 Å². The maximum absolute atomic E-state index is 11.6. The van der Waals surface area contributed by atoms with Gasteiger partial charge in [0.2, 0.25) is 0 Å². The van der Waals surface area contributed by atoms with Crippen LogP contribution >= 0.6 is 0 Å². The molecule has 6 nitrogen and oxygen atoms in total. The molecule has 0 heterocycles. The molecule has 1 rings (SSSR count). The lowest BCUT2D eigenvalue weighted by Crippen LogP contribution is -2.38. The molecule has 0 spiro atoms. The van der Waals surface area contributed by atoms with Gasteiger partial charge in [0.1, 0.15) is 18.1 Å². The van der Waals surface area contributed by atoms with Crippen LogP contribution in [0.2, 0.25) is 0 Å². The highest BCUT2D eigenvalue weighted by molar-refractivity contribution is 5.75. The van der Waals surface area contributed by atoms with E-state index in [-0.39, 0.29) is 6.42 Å². The predicted molar refractivity (Wildman–Crippen MR) is 60.4 cm³/mol. The summed E-state index contributed by atoms with van der Waals surface area (Å²) in [5.74, 6) is -2.07. The first-order valence-corrected chi connectivity index (χ1v) is 5.54. The third-order valence-corrected chi connectivity index (χ3v) is 2.52. The first-order chi connectivity index (χ1) is 8.43. The van der Waals surface area contributed by atoms with Crippen molar-refractivity contribution in [2.45, 2.75) is 32.5 Å². The summed E-state index contributed by atoms with van der Waals surface area (Å²) < 4.78 is 14.7. The Morgan fingerprint density at radius 3 is 2.17 bits per heavy atom. The van der Waals surface area contributed by atoms with E-state index in [1.54, 1.807) is 12.2 Å². The number of carbonyl (C=O) groups excluding carboxylic acids is 3. The SMILES string of the molecule is COC(=O)C1C[C@H](OC(C)=O)C=C[C@@H]1OC(C)=O. The summed E-state index contributed by atoms with van der Waals surface area (Å²) in [6.45, 7) is 2.56. The Hall–Kier alpha value is -1.85. The number of ether oxygens (including phenoxy) is 3. The van der Waals surface area contributed by atoms with Crippen LogP contribution in [-0.2, 0) is 28.6 Å². The molecule has 0 aliphatic heterocycles. The molecule has 0 fully saturated rings. The van der Waals surface area contributed by atoms with Crippen molar-refractivity contribution in [3.05, 3.63) is 12.2 Å². The van der Waals surface area contributed by atoms with Crippen molar-refractivity contribution in [2.24, 2.45) is 5.92 Å². The second-order valence-corrected chi connectivity index (χ2v) is 3.97. The first kappa shape index (κ1) is 14.2. The van der Waals surface area contributed by atoms with Crippen LogP contribution in [0.3, 0.4) is 0 Å². The van der Waals surface area contributed by atoms with Gasteiger partial charge in [0.05, 0.1) is 7.11 Å². The minimum atomic E-state index is -0.679. The van der Waals surface area contributed by atoms with Gasteiger partial charge in [-0.1, -0.05) is 0 Å². The lowest BCUT2D eigenvalue weighted by molar-refractivity contribution is -0.161. The fourth-order valence-electron chi connectivity index (χ4n) is 1.83. The van der Waals surface area contributed by atoms with E-state index in [2.05, 4.69) is 4.74 Å². The minimum absolute atomic E-state index is 0.237. The molecule has 0 aromatic heterocycles. The molecular weight excluding hydrogens is 240 g/mol. The summed E-state index contributed by atoms with van der Waals surface area (Å²) in [6.07, 6.45) is 2.20. The number of hydrogen-bond acceptors (Lipinski definition) is 6. The van der Waals surface area contributed by atoms with E-state index in [0.29, 0.717) is 0 Å². The summed E-state index contributed by atoms with van der Waals surface area (Å²) in [4.78, 5) is 33.4. The van der Waals surface area contributed by atoms with Gasteiger partial charge in [-0.25, -0.2) is 0 Å². The molecule has 1 aliphatic rings. The van der Waals surface area contributed by atoms with E-state index in [0.717, 1.165) is 0 Å². The maximum atomic E-state index is 11.6. The zero-order valence-corrected chi connectivity index (χ0v) is 10.5. The zero-order valence-electron chi connectivity index (χ0n) is 10.5. The van der Waals surface area contributed by atoms with E-state index < -0.39 is 36.0 Å². The van der Waals surface area contributed by atoms with Crippen molar-refractivity contribution in [2.75, 3.05) is 7.11 Å². The Morgan fingerprint density at radius 1 is 1.06 bits per heavy atom. The van der Waals surface area contributed by atoms with Crippen molar-refractivity contribution >= 4 is 17.9 Å². The number of esters is 3. The van der Waals surface area contributed by atoms with Gasteiger partial charge in [-0.05, 0) is 12.2 Å². The average Bonchev–Trinajstić information content (AvgIpc) is 2.28. The number of rotatable bonds is 3. The van der Waals surface area contributed by atoms with E-state index in [9.17, 15) is 14.4 Å². The third-order valence-electron chi connectivity index (χ3n) is 2.52. The summed E-state index contributed by atoms with van der Waals surface area (Å²) in [5, 5.41) is 0. The van der Waals surface area contributed by atoms with Gasteiger partial charge < -0.3 is 14.2 Å². The largest absolute Gasteiger partial charge is 0.469 e. The second-order valence-electron chi connectivity index (χ2n) is 3.97. The smallest absolute Gasteiger partial charge is 0.312 e. The van der Waals surface area contributed by atoms with Crippen molar-refractivity contribution < 1.29 is 28.6 Å². The Kier molecular flexibility index (Phi) is 4.88. The van der Waals surface area contributed by atoms with Crippen LogP contribution in [0.4, 0.5) is 0 Å². The summed E-state index contributed by atoms with van der Waals surface area (Å²) in [7, 11) is 1.26. The number of carbonyl (C=O) groups is 3. The van der Waals surface area contributed by atoms with Gasteiger partial charge in [-0.2, -0.15) is 0 Å². The molecule has 0 radical (unpaired) electrons. The van der Waals surface area contributed by atoms with Crippen molar-refractivity contribution in [3.63, 3.8) is 0 Å². The van der Waals surface area contributed by atoms with Gasteiger partial charge in [0, 0.05) is 20.3 Å². The van der Waals surface area contributed by atoms with Gasteiger partial charge in [0.25, 0.3) is 0 Å². The Balaban J connectivity index is 2.80. The van der Waals surface area contributed by atoms with E-state index >= 15 is 0 Å². The Labute approximate surface area is 105 Å². The standard InChI is InChI=1S/C12H16O6/c1-7(13)17-9-4-5-11(18-8(2)14)10(6-9)12(15)16-3/h4-5,9-11H,6H2,1-3H3/t9-,10?,11+/m1/s1. The molecule has 6 heteroatoms. The topological polar surface area (TPSA) is 78.9 Å². The third kappa shape index (κ3) is 3.87. The quantitative estimate of drug-likeness (QED) is 0.418. The fraction of sp³-hybridized carbons (Fsp3) is 0.583. The summed E-state index contributed by atoms with van der Waals surface area (Å²) in [6, 6.07) is 0. The second kappa shape index (κ2) is 6.18. The molecule has 18 heavy (non-hydrogen) atoms. The fourth-order valence-corrected chi connectivity index (χ4v) is 1.83. The lowest BCUT2D eigenvalue weighted by atomic mass is 9.89. The monoisotopic (exact) mass is 256 g/mol.